The lowest BCUT2D eigenvalue weighted by Gasteiger charge is -2.16. The van der Waals surface area contributed by atoms with Crippen molar-refractivity contribution in [3.05, 3.63) is 69.8 Å². The first-order valence-electron chi connectivity index (χ1n) is 8.67. The highest BCUT2D eigenvalue weighted by Gasteiger charge is 2.15. The lowest BCUT2D eigenvalue weighted by molar-refractivity contribution is -0.384. The topological polar surface area (TPSA) is 72.2 Å². The van der Waals surface area contributed by atoms with Crippen LogP contribution in [-0.4, -0.2) is 16.6 Å². The Balaban J connectivity index is 1.97. The summed E-state index contributed by atoms with van der Waals surface area (Å²) < 4.78 is 0. The third-order valence-electron chi connectivity index (χ3n) is 4.39. The summed E-state index contributed by atoms with van der Waals surface area (Å²) in [6.45, 7) is 6.22. The highest BCUT2D eigenvalue weighted by molar-refractivity contribution is 8.00. The molecule has 0 aliphatic rings. The van der Waals surface area contributed by atoms with Crippen LogP contribution in [0, 0.1) is 10.1 Å². The van der Waals surface area contributed by atoms with E-state index in [1.165, 1.54) is 17.8 Å². The number of hydrogen-bond acceptors (Lipinski definition) is 4. The van der Waals surface area contributed by atoms with Gasteiger partial charge in [0.1, 0.15) is 0 Å². The Labute approximate surface area is 158 Å². The van der Waals surface area contributed by atoms with E-state index in [0.29, 0.717) is 11.7 Å². The molecule has 0 aliphatic carbocycles. The number of carbonyl (C=O) groups is 1. The number of amides is 1. The van der Waals surface area contributed by atoms with Crippen LogP contribution in [0.4, 0.5) is 11.4 Å². The second kappa shape index (κ2) is 9.38. The summed E-state index contributed by atoms with van der Waals surface area (Å²) in [6, 6.07) is 14.4. The molecule has 0 heterocycles. The summed E-state index contributed by atoms with van der Waals surface area (Å²) in [5.41, 5.74) is 2.91. The van der Waals surface area contributed by atoms with E-state index in [0.717, 1.165) is 23.2 Å². The SMILES string of the molecule is CC[C@H](C)c1ccccc1NC(=O)CS[C@@H](C)c1cccc([N+](=O)[O-])c1. The van der Waals surface area contributed by atoms with Crippen LogP contribution in [0.5, 0.6) is 0 Å². The second-order valence-corrected chi connectivity index (χ2v) is 7.58. The van der Waals surface area contributed by atoms with Crippen LogP contribution in [0.2, 0.25) is 0 Å². The number of nitrogens with one attached hydrogen (secondary N) is 1. The summed E-state index contributed by atoms with van der Waals surface area (Å²) >= 11 is 1.46. The standard InChI is InChI=1S/C20H24N2O3S/c1-4-14(2)18-10-5-6-11-19(18)21-20(23)13-26-15(3)16-8-7-9-17(12-16)22(24)25/h5-12,14-15H,4,13H2,1-3H3,(H,21,23)/t14-,15-/m0/s1. The number of non-ortho nitro benzene ring substituents is 1. The highest BCUT2D eigenvalue weighted by Crippen LogP contribution is 2.31. The fraction of sp³-hybridized carbons (Fsp3) is 0.350. The van der Waals surface area contributed by atoms with E-state index in [2.05, 4.69) is 19.2 Å². The third-order valence-corrected chi connectivity index (χ3v) is 5.59. The maximum absolute atomic E-state index is 12.3. The molecule has 2 aromatic carbocycles. The highest BCUT2D eigenvalue weighted by atomic mass is 32.2. The number of para-hydroxylation sites is 1. The smallest absolute Gasteiger partial charge is 0.269 e. The largest absolute Gasteiger partial charge is 0.325 e. The molecule has 0 radical (unpaired) electrons. The molecule has 0 saturated carbocycles. The number of nitrogens with zero attached hydrogens (tertiary/aromatic N) is 1. The molecule has 0 aromatic heterocycles. The van der Waals surface area contributed by atoms with Gasteiger partial charge in [-0.1, -0.05) is 44.2 Å². The molecule has 5 nitrogen and oxygen atoms in total. The van der Waals surface area contributed by atoms with Gasteiger partial charge in [-0.15, -0.1) is 11.8 Å². The molecule has 0 spiro atoms. The first kappa shape index (κ1) is 20.0. The molecule has 26 heavy (non-hydrogen) atoms. The molecule has 2 rings (SSSR count). The summed E-state index contributed by atoms with van der Waals surface area (Å²) in [6.07, 6.45) is 1.01. The normalized spacial score (nSPS) is 13.0. The Morgan fingerprint density at radius 1 is 1.19 bits per heavy atom. The van der Waals surface area contributed by atoms with Crippen molar-refractivity contribution >= 4 is 29.0 Å². The Morgan fingerprint density at radius 3 is 2.62 bits per heavy atom. The van der Waals surface area contributed by atoms with Crippen molar-refractivity contribution in [2.45, 2.75) is 38.4 Å². The van der Waals surface area contributed by atoms with E-state index < -0.39 is 4.92 Å². The zero-order valence-electron chi connectivity index (χ0n) is 15.3. The van der Waals surface area contributed by atoms with E-state index in [1.54, 1.807) is 12.1 Å². The van der Waals surface area contributed by atoms with Gasteiger partial charge in [0.05, 0.1) is 10.7 Å². The van der Waals surface area contributed by atoms with E-state index in [-0.39, 0.29) is 16.8 Å². The molecule has 138 valence electrons. The number of rotatable bonds is 8. The molecule has 1 amide bonds. The minimum absolute atomic E-state index is 0.00883. The van der Waals surface area contributed by atoms with Crippen molar-refractivity contribution in [3.8, 4) is 0 Å². The van der Waals surface area contributed by atoms with Gasteiger partial charge in [-0.3, -0.25) is 14.9 Å². The molecular formula is C20H24N2O3S. The maximum atomic E-state index is 12.3. The Morgan fingerprint density at radius 2 is 1.92 bits per heavy atom. The molecule has 6 heteroatoms. The van der Waals surface area contributed by atoms with Gasteiger partial charge in [-0.05, 0) is 36.5 Å². The van der Waals surface area contributed by atoms with Gasteiger partial charge in [0.2, 0.25) is 5.91 Å². The van der Waals surface area contributed by atoms with E-state index >= 15 is 0 Å². The van der Waals surface area contributed by atoms with Crippen molar-refractivity contribution in [2.24, 2.45) is 0 Å². The fourth-order valence-corrected chi connectivity index (χ4v) is 3.45. The number of nitro benzene ring substituents is 1. The Hall–Kier alpha value is -2.34. The van der Waals surface area contributed by atoms with Crippen molar-refractivity contribution in [1.29, 1.82) is 0 Å². The van der Waals surface area contributed by atoms with E-state index in [4.69, 9.17) is 0 Å². The molecule has 2 atom stereocenters. The monoisotopic (exact) mass is 372 g/mol. The van der Waals surface area contributed by atoms with Gasteiger partial charge in [0.15, 0.2) is 0 Å². The Kier molecular flexibility index (Phi) is 7.21. The molecule has 1 N–H and O–H groups in total. The average Bonchev–Trinajstić information content (AvgIpc) is 2.66. The first-order valence-corrected chi connectivity index (χ1v) is 9.72. The van der Waals surface area contributed by atoms with Crippen LogP contribution >= 0.6 is 11.8 Å². The number of benzene rings is 2. The van der Waals surface area contributed by atoms with E-state index in [9.17, 15) is 14.9 Å². The summed E-state index contributed by atoms with van der Waals surface area (Å²) in [4.78, 5) is 22.8. The first-order chi connectivity index (χ1) is 12.4. The van der Waals surface area contributed by atoms with Gasteiger partial charge in [-0.2, -0.15) is 0 Å². The summed E-state index contributed by atoms with van der Waals surface area (Å²) in [7, 11) is 0. The molecule has 0 aliphatic heterocycles. The van der Waals surface area contributed by atoms with E-state index in [1.807, 2.05) is 37.3 Å². The lowest BCUT2D eigenvalue weighted by Crippen LogP contribution is -2.16. The minimum atomic E-state index is -0.403. The van der Waals surface area contributed by atoms with Gasteiger partial charge in [-0.25, -0.2) is 0 Å². The molecular weight excluding hydrogens is 348 g/mol. The van der Waals surface area contributed by atoms with Crippen LogP contribution in [0.1, 0.15) is 49.5 Å². The fourth-order valence-electron chi connectivity index (χ4n) is 2.63. The van der Waals surface area contributed by atoms with Gasteiger partial charge in [0, 0.05) is 23.1 Å². The average molecular weight is 372 g/mol. The van der Waals surface area contributed by atoms with Crippen molar-refractivity contribution in [3.63, 3.8) is 0 Å². The summed E-state index contributed by atoms with van der Waals surface area (Å²) in [5.74, 6) is 0.601. The predicted molar refractivity (Wildman–Crippen MR) is 108 cm³/mol. The van der Waals surface area contributed by atoms with Crippen molar-refractivity contribution < 1.29 is 9.72 Å². The number of nitro groups is 1. The molecule has 0 unspecified atom stereocenters. The quantitative estimate of drug-likeness (QED) is 0.488. The van der Waals surface area contributed by atoms with Crippen LogP contribution in [-0.2, 0) is 4.79 Å². The number of thioether (sulfide) groups is 1. The van der Waals surface area contributed by atoms with Gasteiger partial charge < -0.3 is 5.32 Å². The zero-order valence-corrected chi connectivity index (χ0v) is 16.1. The molecule has 0 fully saturated rings. The van der Waals surface area contributed by atoms with Crippen molar-refractivity contribution in [2.75, 3.05) is 11.1 Å². The predicted octanol–water partition coefficient (Wildman–Crippen LogP) is 5.54. The van der Waals surface area contributed by atoms with Crippen LogP contribution < -0.4 is 5.32 Å². The van der Waals surface area contributed by atoms with Gasteiger partial charge in [0.25, 0.3) is 5.69 Å². The lowest BCUT2D eigenvalue weighted by atomic mass is 9.97. The molecule has 0 saturated heterocycles. The van der Waals surface area contributed by atoms with Gasteiger partial charge >= 0.3 is 0 Å². The minimum Gasteiger partial charge on any atom is -0.325 e. The third kappa shape index (κ3) is 5.33. The van der Waals surface area contributed by atoms with Crippen LogP contribution in [0.15, 0.2) is 48.5 Å². The number of hydrogen-bond donors (Lipinski definition) is 1. The van der Waals surface area contributed by atoms with Crippen LogP contribution in [0.3, 0.4) is 0 Å². The summed E-state index contributed by atoms with van der Waals surface area (Å²) in [5, 5.41) is 13.9. The zero-order chi connectivity index (χ0) is 19.1. The molecule has 0 bridgehead atoms. The van der Waals surface area contributed by atoms with Crippen LogP contribution in [0.25, 0.3) is 0 Å². The maximum Gasteiger partial charge on any atom is 0.269 e. The van der Waals surface area contributed by atoms with Crippen molar-refractivity contribution in [1.82, 2.24) is 0 Å². The Bertz CT molecular complexity index is 779. The second-order valence-electron chi connectivity index (χ2n) is 6.25. The molecule has 2 aromatic rings. The number of anilines is 1. The number of carbonyl (C=O) groups excluding carboxylic acids is 1.